The van der Waals surface area contributed by atoms with E-state index in [-0.39, 0.29) is 6.61 Å². The highest BCUT2D eigenvalue weighted by Gasteiger charge is 2.26. The normalized spacial score (nSPS) is 12.2. The fourth-order valence-electron chi connectivity index (χ4n) is 2.29. The minimum absolute atomic E-state index is 0.158. The average Bonchev–Trinajstić information content (AvgIpc) is 2.72. The lowest BCUT2D eigenvalue weighted by Gasteiger charge is -2.19. The van der Waals surface area contributed by atoms with Gasteiger partial charge in [0.15, 0.2) is 4.91 Å². The van der Waals surface area contributed by atoms with E-state index in [1.54, 1.807) is 50.8 Å². The molecule has 1 aromatic rings. The van der Waals surface area contributed by atoms with Crippen molar-refractivity contribution in [2.24, 2.45) is 0 Å². The molecule has 0 heterocycles. The lowest BCUT2D eigenvalue weighted by atomic mass is 10.3. The second-order valence-corrected chi connectivity index (χ2v) is 8.01. The molecule has 8 nitrogen and oxygen atoms in total. The van der Waals surface area contributed by atoms with Crippen LogP contribution >= 0.6 is 0 Å². The lowest BCUT2D eigenvalue weighted by Crippen LogP contribution is -2.25. The third-order valence-electron chi connectivity index (χ3n) is 3.96. The van der Waals surface area contributed by atoms with Crippen molar-refractivity contribution in [1.29, 1.82) is 0 Å². The number of sulfonamides is 1. The van der Waals surface area contributed by atoms with Gasteiger partial charge in [0.1, 0.15) is 0 Å². The zero-order chi connectivity index (χ0) is 22.2. The molecule has 0 bridgehead atoms. The molecule has 0 atom stereocenters. The molecule has 0 aliphatic carbocycles. The molecule has 0 saturated heterocycles. The molecule has 0 spiro atoms. The Morgan fingerprint density at radius 1 is 1.07 bits per heavy atom. The van der Waals surface area contributed by atoms with E-state index in [9.17, 15) is 13.2 Å². The van der Waals surface area contributed by atoms with Crippen LogP contribution < -0.4 is 4.72 Å². The number of esters is 1. The van der Waals surface area contributed by atoms with Crippen molar-refractivity contribution in [3.05, 3.63) is 53.6 Å². The maximum Gasteiger partial charge on any atom is 0.351 e. The number of nitrogens with one attached hydrogen (secondary N) is 1. The van der Waals surface area contributed by atoms with Gasteiger partial charge in [0.05, 0.1) is 19.8 Å². The van der Waals surface area contributed by atoms with Gasteiger partial charge in [-0.1, -0.05) is 31.5 Å². The number of methoxy groups -OCH3 is 2. The van der Waals surface area contributed by atoms with Crippen LogP contribution in [0.1, 0.15) is 19.8 Å². The third-order valence-corrected chi connectivity index (χ3v) is 5.34. The Morgan fingerprint density at radius 2 is 1.70 bits per heavy atom. The number of ether oxygens (including phenoxy) is 3. The quantitative estimate of drug-likeness (QED) is 0.194. The fraction of sp³-hybridized carbons (Fsp3) is 0.476. The van der Waals surface area contributed by atoms with E-state index in [1.807, 2.05) is 11.8 Å². The zero-order valence-electron chi connectivity index (χ0n) is 17.9. The Kier molecular flexibility index (Phi) is 12.5. The van der Waals surface area contributed by atoms with E-state index in [0.717, 1.165) is 6.42 Å². The van der Waals surface area contributed by atoms with E-state index < -0.39 is 20.9 Å². The summed E-state index contributed by atoms with van der Waals surface area (Å²) in [4.78, 5) is 13.9. The van der Waals surface area contributed by atoms with Crippen LogP contribution in [0, 0.1) is 0 Å². The Morgan fingerprint density at radius 3 is 2.27 bits per heavy atom. The first-order valence-corrected chi connectivity index (χ1v) is 11.3. The van der Waals surface area contributed by atoms with E-state index in [1.165, 1.54) is 12.2 Å². The second kappa shape index (κ2) is 14.6. The predicted molar refractivity (Wildman–Crippen MR) is 117 cm³/mol. The molecule has 0 aliphatic heterocycles. The van der Waals surface area contributed by atoms with E-state index in [0.29, 0.717) is 38.4 Å². The number of nitrogens with zero attached hydrogens (tertiary/aromatic N) is 1. The number of hydrogen-bond donors (Lipinski definition) is 1. The molecule has 0 amide bonds. The van der Waals surface area contributed by atoms with Crippen molar-refractivity contribution in [1.82, 2.24) is 4.90 Å². The summed E-state index contributed by atoms with van der Waals surface area (Å²) in [6.45, 7) is 4.29. The molecular weight excluding hydrogens is 408 g/mol. The third kappa shape index (κ3) is 9.91. The molecular formula is C21H32N2O6S. The summed E-state index contributed by atoms with van der Waals surface area (Å²) in [5.74, 6) is -0.892. The SMILES string of the molecule is CCCCOC(=O)/C(=C\C=C\N(CCOC)CCOC)S(=O)(=O)Nc1ccccc1. The van der Waals surface area contributed by atoms with Crippen LogP contribution in [0.2, 0.25) is 0 Å². The van der Waals surface area contributed by atoms with Crippen molar-refractivity contribution in [2.75, 3.05) is 51.9 Å². The molecule has 168 valence electrons. The topological polar surface area (TPSA) is 94.2 Å². The fourth-order valence-corrected chi connectivity index (χ4v) is 3.39. The van der Waals surface area contributed by atoms with Gasteiger partial charge >= 0.3 is 5.97 Å². The molecule has 0 aromatic heterocycles. The van der Waals surface area contributed by atoms with Gasteiger partial charge in [-0.3, -0.25) is 4.72 Å². The molecule has 1 aromatic carbocycles. The monoisotopic (exact) mass is 440 g/mol. The number of unbranched alkanes of at least 4 members (excludes halogenated alkanes) is 1. The van der Waals surface area contributed by atoms with Gasteiger partial charge in [-0.2, -0.15) is 0 Å². The number of para-hydroxylation sites is 1. The number of allylic oxidation sites excluding steroid dienone is 2. The van der Waals surface area contributed by atoms with Gasteiger partial charge in [-0.15, -0.1) is 0 Å². The summed E-state index contributed by atoms with van der Waals surface area (Å²) >= 11 is 0. The highest BCUT2D eigenvalue weighted by Crippen LogP contribution is 2.16. The van der Waals surface area contributed by atoms with E-state index in [2.05, 4.69) is 4.72 Å². The summed E-state index contributed by atoms with van der Waals surface area (Å²) in [5.41, 5.74) is 0.357. The number of carbonyl (C=O) groups excluding carboxylic acids is 1. The summed E-state index contributed by atoms with van der Waals surface area (Å²) in [6.07, 6.45) is 5.92. The molecule has 0 saturated carbocycles. The van der Waals surface area contributed by atoms with Gasteiger partial charge < -0.3 is 19.1 Å². The highest BCUT2D eigenvalue weighted by molar-refractivity contribution is 7.97. The van der Waals surface area contributed by atoms with Crippen molar-refractivity contribution < 1.29 is 27.4 Å². The first-order chi connectivity index (χ1) is 14.4. The van der Waals surface area contributed by atoms with Crippen molar-refractivity contribution in [3.63, 3.8) is 0 Å². The Bertz CT molecular complexity index is 770. The smallest absolute Gasteiger partial charge is 0.351 e. The molecule has 30 heavy (non-hydrogen) atoms. The van der Waals surface area contributed by atoms with Crippen LogP contribution in [0.4, 0.5) is 5.69 Å². The summed E-state index contributed by atoms with van der Waals surface area (Å²) < 4.78 is 43.4. The number of anilines is 1. The maximum atomic E-state index is 12.8. The first-order valence-electron chi connectivity index (χ1n) is 9.80. The second-order valence-electron chi connectivity index (χ2n) is 6.36. The highest BCUT2D eigenvalue weighted by atomic mass is 32.2. The molecule has 9 heteroatoms. The predicted octanol–water partition coefficient (Wildman–Crippen LogP) is 2.76. The van der Waals surface area contributed by atoms with Crippen molar-refractivity contribution >= 4 is 21.7 Å². The Hall–Kier alpha value is -2.36. The molecule has 0 unspecified atom stereocenters. The van der Waals surface area contributed by atoms with Crippen molar-refractivity contribution in [2.45, 2.75) is 19.8 Å². The molecule has 0 aliphatic rings. The molecule has 1 rings (SSSR count). The van der Waals surface area contributed by atoms with E-state index >= 15 is 0 Å². The number of hydrogen-bond acceptors (Lipinski definition) is 7. The Labute approximate surface area is 179 Å². The van der Waals surface area contributed by atoms with Crippen LogP contribution in [-0.2, 0) is 29.0 Å². The summed E-state index contributed by atoms with van der Waals surface area (Å²) in [5, 5.41) is 0. The molecule has 0 fully saturated rings. The van der Waals surface area contributed by atoms with Crippen LogP contribution in [0.3, 0.4) is 0 Å². The average molecular weight is 441 g/mol. The van der Waals surface area contributed by atoms with Crippen LogP contribution in [-0.4, -0.2) is 66.4 Å². The number of rotatable bonds is 15. The molecule has 0 radical (unpaired) electrons. The van der Waals surface area contributed by atoms with Gasteiger partial charge in [0.25, 0.3) is 10.0 Å². The molecule has 1 N–H and O–H groups in total. The maximum absolute atomic E-state index is 12.8. The van der Waals surface area contributed by atoms with Gasteiger partial charge in [-0.25, -0.2) is 13.2 Å². The zero-order valence-corrected chi connectivity index (χ0v) is 18.7. The van der Waals surface area contributed by atoms with Gasteiger partial charge in [-0.05, 0) is 36.9 Å². The minimum atomic E-state index is -4.13. The van der Waals surface area contributed by atoms with Crippen LogP contribution in [0.25, 0.3) is 0 Å². The lowest BCUT2D eigenvalue weighted by molar-refractivity contribution is -0.138. The van der Waals surface area contributed by atoms with Gasteiger partial charge in [0, 0.05) is 33.0 Å². The van der Waals surface area contributed by atoms with Crippen LogP contribution in [0.5, 0.6) is 0 Å². The van der Waals surface area contributed by atoms with Crippen molar-refractivity contribution in [3.8, 4) is 0 Å². The van der Waals surface area contributed by atoms with E-state index in [4.69, 9.17) is 14.2 Å². The Balaban J connectivity index is 3.06. The number of carbonyl (C=O) groups is 1. The first kappa shape index (κ1) is 25.7. The summed E-state index contributed by atoms with van der Waals surface area (Å²) in [7, 11) is -0.923. The largest absolute Gasteiger partial charge is 0.462 e. The standard InChI is InChI=1S/C21H32N2O6S/c1-4-5-16-29-21(24)20(30(25,26)22-19-10-7-6-8-11-19)12-9-13-23(14-17-27-2)15-18-28-3/h6-13,22H,4-5,14-18H2,1-3H3/b13-9+,20-12+. The van der Waals surface area contributed by atoms with Gasteiger partial charge in [0.2, 0.25) is 0 Å². The number of benzene rings is 1. The van der Waals surface area contributed by atoms with Crippen LogP contribution in [0.15, 0.2) is 53.6 Å². The summed E-state index contributed by atoms with van der Waals surface area (Å²) in [6, 6.07) is 8.37. The minimum Gasteiger partial charge on any atom is -0.462 e.